The highest BCUT2D eigenvalue weighted by Gasteiger charge is 2.50. The maximum Gasteiger partial charge on any atom is 0.387 e. The second-order valence-corrected chi connectivity index (χ2v) is 14.5. The highest BCUT2D eigenvalue weighted by molar-refractivity contribution is 8.44. The lowest BCUT2D eigenvalue weighted by atomic mass is 10.1. The molecule has 2 aliphatic heterocycles. The molecule has 2 unspecified atom stereocenters. The van der Waals surface area contributed by atoms with Crippen molar-refractivity contribution < 1.29 is 36.7 Å². The molecule has 4 aromatic rings. The van der Waals surface area contributed by atoms with Crippen LogP contribution in [-0.2, 0) is 52.4 Å². The van der Waals surface area contributed by atoms with Crippen LogP contribution in [0.4, 0.5) is 10.2 Å². The van der Waals surface area contributed by atoms with E-state index >= 15 is 4.39 Å². The van der Waals surface area contributed by atoms with E-state index in [0.717, 1.165) is 0 Å². The number of hydrogen-bond acceptors (Lipinski definition) is 13. The quantitative estimate of drug-likeness (QED) is 0.174. The number of H-pyrrole nitrogens is 1. The molecule has 6 rings (SSSR count). The van der Waals surface area contributed by atoms with E-state index in [0.29, 0.717) is 11.2 Å². The van der Waals surface area contributed by atoms with Gasteiger partial charge in [0, 0.05) is 12.6 Å². The summed E-state index contributed by atoms with van der Waals surface area (Å²) in [4.78, 5) is 41.9. The van der Waals surface area contributed by atoms with E-state index in [-0.39, 0.29) is 42.4 Å². The molecule has 0 aliphatic carbocycles. The number of nitrogens with zero attached hydrogens (tertiary/aromatic N) is 6. The van der Waals surface area contributed by atoms with E-state index in [1.165, 1.54) is 29.5 Å². The monoisotopic (exact) mass is 634 g/mol. The van der Waals surface area contributed by atoms with Crippen molar-refractivity contribution in [2.24, 2.45) is 0 Å². The van der Waals surface area contributed by atoms with Crippen LogP contribution in [0.3, 0.4) is 0 Å². The lowest BCUT2D eigenvalue weighted by Crippen LogP contribution is -2.31. The molecule has 2 aliphatic rings. The van der Waals surface area contributed by atoms with Crippen molar-refractivity contribution in [2.75, 3.05) is 18.9 Å². The maximum absolute atomic E-state index is 15.8. The van der Waals surface area contributed by atoms with Gasteiger partial charge in [0.25, 0.3) is 5.56 Å². The number of nitrogens with two attached hydrogens (primary N) is 1. The Morgan fingerprint density at radius 3 is 2.95 bits per heavy atom. The third kappa shape index (κ3) is 5.34. The van der Waals surface area contributed by atoms with Gasteiger partial charge in [-0.25, -0.2) is 28.9 Å². The largest absolute Gasteiger partial charge is 0.387 e. The second-order valence-electron chi connectivity index (χ2n) is 8.77. The van der Waals surface area contributed by atoms with Gasteiger partial charge in [0.15, 0.2) is 23.6 Å². The fraction of sp³-hybridized carbons (Fsp3) is 0.421. The number of thiol groups is 1. The number of rotatable bonds is 1. The van der Waals surface area contributed by atoms with E-state index in [1.54, 1.807) is 4.57 Å². The van der Waals surface area contributed by atoms with Gasteiger partial charge in [0.05, 0.1) is 31.3 Å². The van der Waals surface area contributed by atoms with Gasteiger partial charge in [-0.1, -0.05) is 12.2 Å². The summed E-state index contributed by atoms with van der Waals surface area (Å²) in [6.45, 7) is -9.05. The topological polar surface area (TPSA) is 204 Å². The number of imidazole rings is 2. The van der Waals surface area contributed by atoms with Crippen LogP contribution >= 0.6 is 25.8 Å². The zero-order valence-corrected chi connectivity index (χ0v) is 23.6. The summed E-state index contributed by atoms with van der Waals surface area (Å²) >= 11 is 9.15. The number of hydrogen-bond donors (Lipinski definition) is 4. The summed E-state index contributed by atoms with van der Waals surface area (Å²) in [6, 6.07) is 1.40. The third-order valence-corrected chi connectivity index (χ3v) is 9.42. The Bertz CT molecular complexity index is 1750. The standard InChI is InChI=1S/C19H21FN8O8P2S2/c20-14-11-5-33-37(30,39)32-2-1-27-13(25-9-4-22-7-23-17(9)27)6-34-38(31,40)36-16(14)19(35-11)28-8-24-15-10(28)3-12(21)26-18(15)29/h3-4,7-8,11,14,16,19H,1-2,5-6H2,(H,30,39)(H,31,40)(H3,21,26,29)/t11-,14+,16-,19+,37?,38?/m1/s1. The number of pyridine rings is 1. The molecule has 16 nitrogen and oxygen atoms in total. The van der Waals surface area contributed by atoms with Crippen LogP contribution in [0.25, 0.3) is 22.2 Å². The number of fused-ring (bicyclic) bond motifs is 6. The van der Waals surface area contributed by atoms with Gasteiger partial charge in [-0.3, -0.25) is 13.8 Å². The molecule has 0 spiro atoms. The molecule has 1 saturated heterocycles. The summed E-state index contributed by atoms with van der Waals surface area (Å²) in [7, 11) is 0. The first-order valence-corrected chi connectivity index (χ1v) is 16.9. The van der Waals surface area contributed by atoms with Crippen molar-refractivity contribution in [2.45, 2.75) is 37.8 Å². The first-order chi connectivity index (χ1) is 19.0. The van der Waals surface area contributed by atoms with Crippen molar-refractivity contribution >= 4 is 65.6 Å². The van der Waals surface area contributed by atoms with Crippen molar-refractivity contribution in [1.29, 1.82) is 0 Å². The van der Waals surface area contributed by atoms with Gasteiger partial charge in [0.2, 0.25) is 0 Å². The first-order valence-electron chi connectivity index (χ1n) is 11.6. The average Bonchev–Trinajstić information content (AvgIpc) is 3.55. The Hall–Kier alpha value is -2.31. The van der Waals surface area contributed by atoms with Crippen LogP contribution in [0.5, 0.6) is 0 Å². The lowest BCUT2D eigenvalue weighted by molar-refractivity contribution is -0.0451. The number of alkyl halides is 1. The smallest absolute Gasteiger partial charge is 0.385 e. The summed E-state index contributed by atoms with van der Waals surface area (Å²) < 4.78 is 59.8. The molecular formula is C19H21FN8O8P2S2. The van der Waals surface area contributed by atoms with Crippen LogP contribution < -0.4 is 11.3 Å². The minimum absolute atomic E-state index is 0.000340. The molecule has 6 atom stereocenters. The van der Waals surface area contributed by atoms with E-state index in [2.05, 4.69) is 37.2 Å². The van der Waals surface area contributed by atoms with Crippen molar-refractivity contribution in [3.63, 3.8) is 0 Å². The highest BCUT2D eigenvalue weighted by atomic mass is 32.7. The lowest BCUT2D eigenvalue weighted by Gasteiger charge is -2.24. The number of halogens is 1. The fourth-order valence-corrected chi connectivity index (χ4v) is 6.97. The molecule has 1 fully saturated rings. The third-order valence-electron chi connectivity index (χ3n) is 6.21. The van der Waals surface area contributed by atoms with Crippen LogP contribution in [0.1, 0.15) is 12.1 Å². The maximum atomic E-state index is 15.8. The van der Waals surface area contributed by atoms with Gasteiger partial charge < -0.3 is 38.5 Å². The molecule has 0 saturated carbocycles. The van der Waals surface area contributed by atoms with Gasteiger partial charge in [0.1, 0.15) is 42.3 Å². The zero-order valence-electron chi connectivity index (χ0n) is 20.1. The van der Waals surface area contributed by atoms with Gasteiger partial charge in [-0.15, -0.1) is 0 Å². The predicted molar refractivity (Wildman–Crippen MR) is 144 cm³/mol. The summed E-state index contributed by atoms with van der Waals surface area (Å²) in [6.07, 6.45) is -2.25. The predicted octanol–water partition coefficient (Wildman–Crippen LogP) is 1.59. The van der Waals surface area contributed by atoms with Crippen molar-refractivity contribution in [1.82, 2.24) is 34.1 Å². The van der Waals surface area contributed by atoms with Crippen LogP contribution in [0.15, 0.2) is 29.7 Å². The molecule has 214 valence electrons. The van der Waals surface area contributed by atoms with E-state index < -0.39 is 50.3 Å². The minimum Gasteiger partial charge on any atom is -0.385 e. The Labute approximate surface area is 233 Å². The summed E-state index contributed by atoms with van der Waals surface area (Å²) in [5, 5.41) is 0. The number of anilines is 1. The highest BCUT2D eigenvalue weighted by Crippen LogP contribution is 2.58. The molecule has 4 N–H and O–H groups in total. The zero-order chi connectivity index (χ0) is 28.2. The van der Waals surface area contributed by atoms with E-state index in [4.69, 9.17) is 40.4 Å². The summed E-state index contributed by atoms with van der Waals surface area (Å²) in [5.41, 5.74) is 6.24. The molecule has 21 heteroatoms. The molecule has 4 aromatic heterocycles. The molecular weight excluding hydrogens is 613 g/mol. The molecule has 2 bridgehead atoms. The number of ether oxygens (including phenoxy) is 1. The van der Waals surface area contributed by atoms with Crippen LogP contribution in [0.2, 0.25) is 0 Å². The summed E-state index contributed by atoms with van der Waals surface area (Å²) in [5.74, 6) is 0.276. The molecule has 0 aromatic carbocycles. The number of aromatic amines is 1. The van der Waals surface area contributed by atoms with Crippen molar-refractivity contribution in [3.05, 3.63) is 41.1 Å². The second kappa shape index (κ2) is 10.5. The Kier molecular flexibility index (Phi) is 7.31. The first kappa shape index (κ1) is 27.8. The molecule has 0 amide bonds. The number of aromatic nitrogens is 7. The molecule has 6 heterocycles. The average molecular weight is 635 g/mol. The minimum atomic E-state index is -4.28. The number of nitrogens with one attached hydrogen (secondary N) is 1. The van der Waals surface area contributed by atoms with Crippen LogP contribution in [0, 0.1) is 0 Å². The van der Waals surface area contributed by atoms with E-state index in [1.807, 2.05) is 0 Å². The Morgan fingerprint density at radius 1 is 1.30 bits per heavy atom. The van der Waals surface area contributed by atoms with Crippen molar-refractivity contribution in [3.8, 4) is 0 Å². The normalized spacial score (nSPS) is 32.1. The van der Waals surface area contributed by atoms with Crippen LogP contribution in [-0.4, -0.2) is 70.5 Å². The van der Waals surface area contributed by atoms with E-state index in [9.17, 15) is 14.3 Å². The fourth-order valence-electron chi connectivity index (χ4n) is 4.48. The van der Waals surface area contributed by atoms with Gasteiger partial charge >= 0.3 is 13.5 Å². The Balaban J connectivity index is 1.38. The van der Waals surface area contributed by atoms with Gasteiger partial charge in [-0.05, 0) is 11.8 Å². The molecule has 0 radical (unpaired) electrons. The number of nitrogen functional groups attached to an aromatic ring is 1. The Morgan fingerprint density at radius 2 is 2.12 bits per heavy atom. The van der Waals surface area contributed by atoms with Gasteiger partial charge in [-0.2, -0.15) is 0 Å². The SMILES string of the molecule is Nc1cc2c(ncn2[C@H]2O[C@@H]3COP(O)(=S)OCCn4c(nc5cncnc54)COP(=O)(S)O[C@@H]2[C@H]3F)c(=O)[nH]1. The molecule has 40 heavy (non-hydrogen) atoms.